The highest BCUT2D eigenvalue weighted by Crippen LogP contribution is 2.31. The minimum atomic E-state index is -0.398. The van der Waals surface area contributed by atoms with Crippen molar-refractivity contribution in [3.8, 4) is 11.4 Å². The minimum absolute atomic E-state index is 0.169. The summed E-state index contributed by atoms with van der Waals surface area (Å²) in [6, 6.07) is 7.58. The first-order chi connectivity index (χ1) is 18.1. The van der Waals surface area contributed by atoms with Crippen LogP contribution >= 0.6 is 11.6 Å². The van der Waals surface area contributed by atoms with Crippen LogP contribution in [0.2, 0.25) is 5.02 Å². The summed E-state index contributed by atoms with van der Waals surface area (Å²) in [6.45, 7) is 8.85. The average molecular weight is 536 g/mol. The molecule has 0 spiro atoms. The van der Waals surface area contributed by atoms with Crippen molar-refractivity contribution in [2.75, 3.05) is 7.11 Å². The van der Waals surface area contributed by atoms with Gasteiger partial charge in [0.2, 0.25) is 0 Å². The second-order valence-electron chi connectivity index (χ2n) is 9.87. The molecule has 10 nitrogen and oxygen atoms in total. The minimum Gasteiger partial charge on any atom is -0.361 e. The van der Waals surface area contributed by atoms with Gasteiger partial charge in [-0.2, -0.15) is 5.10 Å². The van der Waals surface area contributed by atoms with Gasteiger partial charge in [-0.1, -0.05) is 32.0 Å². The molecular formula is C27H30ClN7O3. The maximum atomic E-state index is 13.6. The van der Waals surface area contributed by atoms with Crippen molar-refractivity contribution in [2.45, 2.75) is 26.9 Å². The molecule has 4 aromatic heterocycles. The highest BCUT2D eigenvalue weighted by atomic mass is 35.5. The van der Waals surface area contributed by atoms with Crippen LogP contribution in [0.5, 0.6) is 0 Å². The summed E-state index contributed by atoms with van der Waals surface area (Å²) in [6.07, 6.45) is 3.81. The van der Waals surface area contributed by atoms with Crippen LogP contribution in [0.15, 0.2) is 52.8 Å². The SMILES string of the molecule is C=C(NOC)c1cc(-c2c3c(=O)n(C)c(=O)n(CC(C)C)c3nn2Cc2c[nH]c3ccc(Cl)cc23)n(C)c1. The normalized spacial score (nSPS) is 11.8. The van der Waals surface area contributed by atoms with Gasteiger partial charge in [0.1, 0.15) is 11.1 Å². The smallest absolute Gasteiger partial charge is 0.332 e. The Morgan fingerprint density at radius 1 is 1.24 bits per heavy atom. The molecule has 0 aliphatic rings. The lowest BCUT2D eigenvalue weighted by Gasteiger charge is -2.11. The topological polar surface area (TPSA) is 104 Å². The number of hydrogen-bond donors (Lipinski definition) is 2. The molecule has 0 saturated carbocycles. The molecule has 198 valence electrons. The van der Waals surface area contributed by atoms with Crippen molar-refractivity contribution in [3.05, 3.63) is 80.2 Å². The molecule has 0 amide bonds. The Balaban J connectivity index is 1.82. The van der Waals surface area contributed by atoms with Gasteiger partial charge < -0.3 is 9.55 Å². The van der Waals surface area contributed by atoms with Gasteiger partial charge in [-0.3, -0.25) is 28.9 Å². The first kappa shape index (κ1) is 25.6. The summed E-state index contributed by atoms with van der Waals surface area (Å²) in [5.41, 5.74) is 6.93. The molecule has 11 heteroatoms. The third-order valence-electron chi connectivity index (χ3n) is 6.64. The number of aromatic amines is 1. The Bertz CT molecular complexity index is 1820. The van der Waals surface area contributed by atoms with Crippen LogP contribution < -0.4 is 16.7 Å². The molecule has 0 atom stereocenters. The predicted molar refractivity (Wildman–Crippen MR) is 150 cm³/mol. The van der Waals surface area contributed by atoms with Gasteiger partial charge in [-0.25, -0.2) is 4.79 Å². The second-order valence-corrected chi connectivity index (χ2v) is 10.3. The van der Waals surface area contributed by atoms with E-state index in [2.05, 4.69) is 17.0 Å². The number of fused-ring (bicyclic) bond motifs is 2. The number of nitrogens with one attached hydrogen (secondary N) is 2. The molecular weight excluding hydrogens is 506 g/mol. The van der Waals surface area contributed by atoms with Crippen molar-refractivity contribution in [1.29, 1.82) is 0 Å². The molecule has 0 fully saturated rings. The van der Waals surface area contributed by atoms with E-state index in [1.807, 2.05) is 62.1 Å². The van der Waals surface area contributed by atoms with Gasteiger partial charge in [0, 0.05) is 54.5 Å². The van der Waals surface area contributed by atoms with Gasteiger partial charge in [0.25, 0.3) is 5.56 Å². The van der Waals surface area contributed by atoms with Crippen molar-refractivity contribution in [2.24, 2.45) is 20.0 Å². The van der Waals surface area contributed by atoms with Crippen LogP contribution in [0.25, 0.3) is 39.0 Å². The number of halogens is 1. The fourth-order valence-corrected chi connectivity index (χ4v) is 5.03. The third-order valence-corrected chi connectivity index (χ3v) is 6.88. The first-order valence-electron chi connectivity index (χ1n) is 12.2. The fourth-order valence-electron chi connectivity index (χ4n) is 4.86. The van der Waals surface area contributed by atoms with Gasteiger partial charge >= 0.3 is 5.69 Å². The van der Waals surface area contributed by atoms with Crippen LogP contribution in [0.4, 0.5) is 0 Å². The number of nitrogens with zero attached hydrogens (tertiary/aromatic N) is 5. The zero-order valence-electron chi connectivity index (χ0n) is 22.0. The summed E-state index contributed by atoms with van der Waals surface area (Å²) >= 11 is 6.30. The summed E-state index contributed by atoms with van der Waals surface area (Å²) in [7, 11) is 4.91. The molecule has 0 aliphatic heterocycles. The summed E-state index contributed by atoms with van der Waals surface area (Å²) in [4.78, 5) is 35.1. The molecule has 5 aromatic rings. The van der Waals surface area contributed by atoms with Crippen LogP contribution in [-0.4, -0.2) is 35.6 Å². The number of H-pyrrole nitrogens is 1. The van der Waals surface area contributed by atoms with E-state index in [9.17, 15) is 9.59 Å². The molecule has 4 heterocycles. The van der Waals surface area contributed by atoms with Crippen molar-refractivity contribution >= 4 is 39.2 Å². The number of benzene rings is 1. The van der Waals surface area contributed by atoms with Gasteiger partial charge in [-0.05, 0) is 35.7 Å². The van der Waals surface area contributed by atoms with Crippen LogP contribution in [0.3, 0.4) is 0 Å². The number of aromatic nitrogens is 6. The van der Waals surface area contributed by atoms with Crippen LogP contribution in [0.1, 0.15) is 25.0 Å². The lowest BCUT2D eigenvalue weighted by Crippen LogP contribution is -2.38. The zero-order chi connectivity index (χ0) is 27.3. The van der Waals surface area contributed by atoms with Crippen molar-refractivity contribution in [3.63, 3.8) is 0 Å². The Kier molecular flexibility index (Phi) is 6.54. The van der Waals surface area contributed by atoms with Crippen LogP contribution in [-0.2, 0) is 32.0 Å². The molecule has 0 aliphatic carbocycles. The van der Waals surface area contributed by atoms with E-state index in [0.29, 0.717) is 40.5 Å². The van der Waals surface area contributed by atoms with E-state index in [1.165, 1.54) is 14.2 Å². The predicted octanol–water partition coefficient (Wildman–Crippen LogP) is 3.86. The van der Waals surface area contributed by atoms with E-state index in [-0.39, 0.29) is 5.92 Å². The molecule has 0 saturated heterocycles. The third kappa shape index (κ3) is 4.25. The maximum absolute atomic E-state index is 13.6. The molecule has 0 unspecified atom stereocenters. The number of hydrogen-bond acceptors (Lipinski definition) is 5. The molecule has 38 heavy (non-hydrogen) atoms. The molecule has 0 bridgehead atoms. The Hall–Kier alpha value is -4.02. The Morgan fingerprint density at radius 3 is 2.71 bits per heavy atom. The highest BCUT2D eigenvalue weighted by molar-refractivity contribution is 6.31. The quantitative estimate of drug-likeness (QED) is 0.294. The van der Waals surface area contributed by atoms with E-state index in [1.54, 1.807) is 9.25 Å². The first-order valence-corrected chi connectivity index (χ1v) is 12.6. The van der Waals surface area contributed by atoms with E-state index in [0.717, 1.165) is 32.3 Å². The van der Waals surface area contributed by atoms with E-state index >= 15 is 0 Å². The number of hydroxylamine groups is 1. The van der Waals surface area contributed by atoms with Crippen molar-refractivity contribution < 1.29 is 4.84 Å². The lowest BCUT2D eigenvalue weighted by molar-refractivity contribution is 0.137. The molecule has 1 aromatic carbocycles. The average Bonchev–Trinajstić information content (AvgIpc) is 3.56. The van der Waals surface area contributed by atoms with Gasteiger partial charge in [-0.15, -0.1) is 0 Å². The Labute approximate surface area is 223 Å². The standard InChI is InChI=1S/C27H30ClN7O3/c1-15(2)12-34-25-23(26(36)33(5)27(34)37)24(22-9-17(13-32(22)4)16(3)31-38-6)35(30-25)14-18-11-29-21-8-7-19(28)10-20(18)21/h7-11,13,15,29,31H,3,12,14H2,1-2,4-6H3. The summed E-state index contributed by atoms with van der Waals surface area (Å²) < 4.78 is 6.44. The monoisotopic (exact) mass is 535 g/mol. The Morgan fingerprint density at radius 2 is 2.00 bits per heavy atom. The molecule has 5 rings (SSSR count). The highest BCUT2D eigenvalue weighted by Gasteiger charge is 2.25. The van der Waals surface area contributed by atoms with E-state index in [4.69, 9.17) is 21.5 Å². The van der Waals surface area contributed by atoms with Gasteiger partial charge in [0.15, 0.2) is 5.65 Å². The summed E-state index contributed by atoms with van der Waals surface area (Å²) in [5.74, 6) is 0.169. The number of rotatable bonds is 8. The fraction of sp³-hybridized carbons (Fsp3) is 0.296. The molecule has 0 radical (unpaired) electrons. The number of aryl methyl sites for hydroxylation is 1. The van der Waals surface area contributed by atoms with Crippen LogP contribution in [0, 0.1) is 5.92 Å². The van der Waals surface area contributed by atoms with E-state index < -0.39 is 11.2 Å². The lowest BCUT2D eigenvalue weighted by atomic mass is 10.1. The zero-order valence-corrected chi connectivity index (χ0v) is 22.8. The maximum Gasteiger partial charge on any atom is 0.332 e. The summed E-state index contributed by atoms with van der Waals surface area (Å²) in [5, 5.41) is 6.85. The second kappa shape index (κ2) is 9.70. The molecule has 2 N–H and O–H groups in total. The largest absolute Gasteiger partial charge is 0.361 e. The van der Waals surface area contributed by atoms with Crippen molar-refractivity contribution in [1.82, 2.24) is 33.9 Å². The van der Waals surface area contributed by atoms with Gasteiger partial charge in [0.05, 0.1) is 25.0 Å².